The Morgan fingerprint density at radius 1 is 0.821 bits per heavy atom. The van der Waals surface area contributed by atoms with Crippen LogP contribution in [0.4, 0.5) is 0 Å². The number of aliphatic imine (C=N–C) groups is 1. The molecule has 1 aliphatic rings. The van der Waals surface area contributed by atoms with E-state index in [4.69, 9.17) is 0 Å². The van der Waals surface area contributed by atoms with Crippen LogP contribution in [0.25, 0.3) is 0 Å². The molecule has 1 saturated heterocycles. The van der Waals surface area contributed by atoms with Crippen LogP contribution in [-0.4, -0.2) is 62.1 Å². The summed E-state index contributed by atoms with van der Waals surface area (Å²) in [6, 6.07) is 21.2. The molecule has 0 spiro atoms. The Morgan fingerprint density at radius 2 is 1.43 bits per heavy atom. The largest absolute Gasteiger partial charge is 0.356 e. The van der Waals surface area contributed by atoms with Crippen molar-refractivity contribution >= 4 is 5.96 Å². The summed E-state index contributed by atoms with van der Waals surface area (Å²) < 4.78 is 0. The Hall–Kier alpha value is -2.37. The van der Waals surface area contributed by atoms with Gasteiger partial charge in [-0.2, -0.15) is 0 Å². The van der Waals surface area contributed by atoms with Gasteiger partial charge in [0.2, 0.25) is 0 Å². The van der Waals surface area contributed by atoms with E-state index in [-0.39, 0.29) is 0 Å². The van der Waals surface area contributed by atoms with Crippen LogP contribution in [-0.2, 0) is 13.1 Å². The smallest absolute Gasteiger partial charge is 0.191 e. The molecule has 0 unspecified atom stereocenters. The number of benzene rings is 2. The second-order valence-corrected chi connectivity index (χ2v) is 7.30. The molecule has 2 aromatic carbocycles. The van der Waals surface area contributed by atoms with Crippen LogP contribution >= 0.6 is 0 Å². The van der Waals surface area contributed by atoms with Crippen LogP contribution in [0.5, 0.6) is 0 Å². The molecule has 1 heterocycles. The van der Waals surface area contributed by atoms with Crippen LogP contribution < -0.4 is 10.6 Å². The second-order valence-electron chi connectivity index (χ2n) is 7.30. The van der Waals surface area contributed by atoms with Gasteiger partial charge in [-0.05, 0) is 24.1 Å². The Morgan fingerprint density at radius 3 is 2.07 bits per heavy atom. The topological polar surface area (TPSA) is 42.9 Å². The fourth-order valence-electron chi connectivity index (χ4n) is 3.52. The maximum atomic E-state index is 4.31. The van der Waals surface area contributed by atoms with Crippen molar-refractivity contribution in [3.63, 3.8) is 0 Å². The molecule has 0 radical (unpaired) electrons. The van der Waals surface area contributed by atoms with Crippen LogP contribution in [0.2, 0.25) is 0 Å². The number of rotatable bonds is 8. The average molecular weight is 380 g/mol. The molecule has 3 rings (SSSR count). The van der Waals surface area contributed by atoms with Crippen molar-refractivity contribution in [3.05, 3.63) is 71.8 Å². The monoisotopic (exact) mass is 379 g/mol. The highest BCUT2D eigenvalue weighted by molar-refractivity contribution is 5.79. The number of hydrogen-bond acceptors (Lipinski definition) is 3. The molecule has 0 atom stereocenters. The zero-order valence-corrected chi connectivity index (χ0v) is 17.0. The number of piperazine rings is 1. The minimum atomic E-state index is 0.796. The van der Waals surface area contributed by atoms with Gasteiger partial charge in [0, 0.05) is 52.9 Å². The van der Waals surface area contributed by atoms with Gasteiger partial charge in [-0.1, -0.05) is 60.7 Å². The predicted molar refractivity (Wildman–Crippen MR) is 117 cm³/mol. The first kappa shape index (κ1) is 20.4. The molecular formula is C23H33N5. The zero-order valence-electron chi connectivity index (χ0n) is 17.0. The molecule has 1 aliphatic heterocycles. The fraction of sp³-hybridized carbons (Fsp3) is 0.435. The fourth-order valence-corrected chi connectivity index (χ4v) is 3.52. The Balaban J connectivity index is 1.27. The number of nitrogens with one attached hydrogen (secondary N) is 2. The van der Waals surface area contributed by atoms with Crippen molar-refractivity contribution in [1.29, 1.82) is 0 Å². The summed E-state index contributed by atoms with van der Waals surface area (Å²) >= 11 is 0. The molecule has 5 nitrogen and oxygen atoms in total. The van der Waals surface area contributed by atoms with Crippen molar-refractivity contribution in [2.24, 2.45) is 4.99 Å². The van der Waals surface area contributed by atoms with Gasteiger partial charge in [0.15, 0.2) is 5.96 Å². The Labute approximate surface area is 169 Å². The molecule has 1 fully saturated rings. The lowest BCUT2D eigenvalue weighted by molar-refractivity contribution is 0.126. The molecule has 0 aliphatic carbocycles. The lowest BCUT2D eigenvalue weighted by atomic mass is 10.2. The van der Waals surface area contributed by atoms with Crippen LogP contribution in [0, 0.1) is 0 Å². The molecule has 28 heavy (non-hydrogen) atoms. The summed E-state index contributed by atoms with van der Waals surface area (Å²) in [7, 11) is 1.83. The van der Waals surface area contributed by atoms with E-state index < -0.39 is 0 Å². The van der Waals surface area contributed by atoms with Gasteiger partial charge < -0.3 is 15.5 Å². The third-order valence-corrected chi connectivity index (χ3v) is 5.18. The third kappa shape index (κ3) is 6.98. The highest BCUT2D eigenvalue weighted by Gasteiger charge is 2.16. The molecule has 5 heteroatoms. The van der Waals surface area contributed by atoms with E-state index in [0.29, 0.717) is 0 Å². The maximum Gasteiger partial charge on any atom is 0.191 e. The Kier molecular flexibility index (Phi) is 8.34. The van der Waals surface area contributed by atoms with Gasteiger partial charge in [0.1, 0.15) is 0 Å². The minimum absolute atomic E-state index is 0.796. The number of guanidine groups is 1. The molecule has 0 saturated carbocycles. The van der Waals surface area contributed by atoms with Gasteiger partial charge in [0.05, 0.1) is 0 Å². The van der Waals surface area contributed by atoms with Crippen molar-refractivity contribution < 1.29 is 0 Å². The first-order chi connectivity index (χ1) is 13.8. The van der Waals surface area contributed by atoms with Crippen molar-refractivity contribution in [2.75, 3.05) is 46.3 Å². The lowest BCUT2D eigenvalue weighted by Gasteiger charge is -2.34. The molecule has 0 amide bonds. The van der Waals surface area contributed by atoms with Gasteiger partial charge in [-0.15, -0.1) is 0 Å². The van der Waals surface area contributed by atoms with E-state index >= 15 is 0 Å². The highest BCUT2D eigenvalue weighted by Crippen LogP contribution is 2.08. The van der Waals surface area contributed by atoms with E-state index in [1.54, 1.807) is 0 Å². The molecule has 0 bridgehead atoms. The Bertz CT molecular complexity index is 693. The third-order valence-electron chi connectivity index (χ3n) is 5.18. The predicted octanol–water partition coefficient (Wildman–Crippen LogP) is 2.56. The summed E-state index contributed by atoms with van der Waals surface area (Å²) in [5, 5.41) is 6.79. The standard InChI is InChI=1S/C23H33N5/c1-24-23(26-19-21-9-4-2-5-10-21)25-13-8-14-27-15-17-28(18-16-27)20-22-11-6-3-7-12-22/h2-7,9-12H,8,13-20H2,1H3,(H2,24,25,26). The summed E-state index contributed by atoms with van der Waals surface area (Å²) in [6.07, 6.45) is 1.13. The van der Waals surface area contributed by atoms with Gasteiger partial charge in [-0.25, -0.2) is 0 Å². The molecule has 2 N–H and O–H groups in total. The highest BCUT2D eigenvalue weighted by atomic mass is 15.3. The van der Waals surface area contributed by atoms with E-state index in [1.807, 2.05) is 13.1 Å². The number of nitrogens with zero attached hydrogens (tertiary/aromatic N) is 3. The molecular weight excluding hydrogens is 346 g/mol. The maximum absolute atomic E-state index is 4.31. The summed E-state index contributed by atoms with van der Waals surface area (Å²) in [6.45, 7) is 8.58. The summed E-state index contributed by atoms with van der Waals surface area (Å²) in [5.41, 5.74) is 2.67. The molecule has 150 valence electrons. The average Bonchev–Trinajstić information content (AvgIpc) is 2.76. The molecule has 2 aromatic rings. The van der Waals surface area contributed by atoms with Crippen molar-refractivity contribution in [1.82, 2.24) is 20.4 Å². The van der Waals surface area contributed by atoms with E-state index in [9.17, 15) is 0 Å². The SMILES string of the molecule is CN=C(NCCCN1CCN(Cc2ccccc2)CC1)NCc1ccccc1. The normalized spacial score (nSPS) is 16.1. The lowest BCUT2D eigenvalue weighted by Crippen LogP contribution is -2.46. The van der Waals surface area contributed by atoms with E-state index in [2.05, 4.69) is 80.0 Å². The van der Waals surface area contributed by atoms with Crippen LogP contribution in [0.15, 0.2) is 65.7 Å². The first-order valence-electron chi connectivity index (χ1n) is 10.3. The minimum Gasteiger partial charge on any atom is -0.356 e. The summed E-state index contributed by atoms with van der Waals surface area (Å²) in [5.74, 6) is 0.872. The van der Waals surface area contributed by atoms with Crippen LogP contribution in [0.3, 0.4) is 0 Å². The first-order valence-corrected chi connectivity index (χ1v) is 10.3. The van der Waals surface area contributed by atoms with Crippen molar-refractivity contribution in [2.45, 2.75) is 19.5 Å². The molecule has 0 aromatic heterocycles. The number of hydrogen-bond donors (Lipinski definition) is 2. The quantitative estimate of drug-likeness (QED) is 0.420. The van der Waals surface area contributed by atoms with Gasteiger partial charge in [0.25, 0.3) is 0 Å². The van der Waals surface area contributed by atoms with Gasteiger partial charge in [-0.3, -0.25) is 9.89 Å². The van der Waals surface area contributed by atoms with E-state index in [0.717, 1.165) is 64.7 Å². The van der Waals surface area contributed by atoms with E-state index in [1.165, 1.54) is 11.1 Å². The van der Waals surface area contributed by atoms with Crippen molar-refractivity contribution in [3.8, 4) is 0 Å². The van der Waals surface area contributed by atoms with Crippen LogP contribution in [0.1, 0.15) is 17.5 Å². The summed E-state index contributed by atoms with van der Waals surface area (Å²) in [4.78, 5) is 9.44. The second kappa shape index (κ2) is 11.5. The van der Waals surface area contributed by atoms with Gasteiger partial charge >= 0.3 is 0 Å². The zero-order chi connectivity index (χ0) is 19.4.